The molecule has 15 heavy (non-hydrogen) atoms. The van der Waals surface area contributed by atoms with Crippen LogP contribution in [0, 0.1) is 0 Å². The van der Waals surface area contributed by atoms with Gasteiger partial charge in [0.2, 0.25) is 0 Å². The molecule has 0 amide bonds. The SMILES string of the molecule is Nc1cccc2c1CCN(S(N)(=O)=O)C2. The first kappa shape index (κ1) is 10.4. The van der Waals surface area contributed by atoms with Gasteiger partial charge in [-0.2, -0.15) is 12.7 Å². The summed E-state index contributed by atoms with van der Waals surface area (Å²) in [6, 6.07) is 5.52. The second kappa shape index (κ2) is 3.48. The Morgan fingerprint density at radius 1 is 1.33 bits per heavy atom. The van der Waals surface area contributed by atoms with Crippen LogP contribution in [0.2, 0.25) is 0 Å². The van der Waals surface area contributed by atoms with Crippen molar-refractivity contribution in [2.45, 2.75) is 13.0 Å². The zero-order valence-electron chi connectivity index (χ0n) is 8.18. The summed E-state index contributed by atoms with van der Waals surface area (Å²) < 4.78 is 23.6. The number of fused-ring (bicyclic) bond motifs is 1. The number of hydrogen-bond acceptors (Lipinski definition) is 3. The molecule has 6 heteroatoms. The average molecular weight is 227 g/mol. The molecule has 0 atom stereocenters. The molecule has 0 saturated carbocycles. The Labute approximate surface area is 88.9 Å². The first-order valence-corrected chi connectivity index (χ1v) is 6.13. The summed E-state index contributed by atoms with van der Waals surface area (Å²) >= 11 is 0. The van der Waals surface area contributed by atoms with Crippen LogP contribution in [0.15, 0.2) is 18.2 Å². The second-order valence-electron chi connectivity index (χ2n) is 3.61. The second-order valence-corrected chi connectivity index (χ2v) is 5.16. The van der Waals surface area contributed by atoms with Gasteiger partial charge in [0.15, 0.2) is 0 Å². The lowest BCUT2D eigenvalue weighted by molar-refractivity contribution is 0.392. The highest BCUT2D eigenvalue weighted by Gasteiger charge is 2.24. The number of benzene rings is 1. The van der Waals surface area contributed by atoms with Crippen LogP contribution in [0.1, 0.15) is 11.1 Å². The van der Waals surface area contributed by atoms with Gasteiger partial charge in [-0.25, -0.2) is 5.14 Å². The molecular formula is C9H13N3O2S. The van der Waals surface area contributed by atoms with Crippen LogP contribution in [-0.2, 0) is 23.2 Å². The van der Waals surface area contributed by atoms with Gasteiger partial charge < -0.3 is 5.73 Å². The molecule has 1 aromatic rings. The van der Waals surface area contributed by atoms with Crippen LogP contribution in [0.3, 0.4) is 0 Å². The lowest BCUT2D eigenvalue weighted by Crippen LogP contribution is -2.40. The first-order valence-electron chi connectivity index (χ1n) is 4.62. The smallest absolute Gasteiger partial charge is 0.277 e. The van der Waals surface area contributed by atoms with Crippen molar-refractivity contribution in [3.05, 3.63) is 29.3 Å². The van der Waals surface area contributed by atoms with Crippen LogP contribution in [0.4, 0.5) is 5.69 Å². The van der Waals surface area contributed by atoms with Crippen molar-refractivity contribution < 1.29 is 8.42 Å². The fraction of sp³-hybridized carbons (Fsp3) is 0.333. The molecular weight excluding hydrogens is 214 g/mol. The molecule has 0 unspecified atom stereocenters. The first-order chi connectivity index (χ1) is 6.98. The summed E-state index contributed by atoms with van der Waals surface area (Å²) in [4.78, 5) is 0. The lowest BCUT2D eigenvalue weighted by atomic mass is 9.99. The molecule has 1 aliphatic rings. The minimum Gasteiger partial charge on any atom is -0.398 e. The molecule has 0 aromatic heterocycles. The normalized spacial score (nSPS) is 17.4. The Kier molecular flexibility index (Phi) is 2.41. The third kappa shape index (κ3) is 1.97. The van der Waals surface area contributed by atoms with E-state index in [1.807, 2.05) is 18.2 Å². The number of nitrogens with zero attached hydrogens (tertiary/aromatic N) is 1. The predicted molar refractivity (Wildman–Crippen MR) is 58.1 cm³/mol. The number of nitrogens with two attached hydrogens (primary N) is 2. The number of rotatable bonds is 1. The van der Waals surface area contributed by atoms with E-state index in [1.165, 1.54) is 4.31 Å². The van der Waals surface area contributed by atoms with E-state index in [9.17, 15) is 8.42 Å². The van der Waals surface area contributed by atoms with E-state index in [4.69, 9.17) is 10.9 Å². The zero-order chi connectivity index (χ0) is 11.1. The third-order valence-electron chi connectivity index (χ3n) is 2.63. The Balaban J connectivity index is 2.36. The highest BCUT2D eigenvalue weighted by atomic mass is 32.2. The molecule has 1 aliphatic heterocycles. The lowest BCUT2D eigenvalue weighted by Gasteiger charge is -2.26. The van der Waals surface area contributed by atoms with Gasteiger partial charge in [0.25, 0.3) is 10.2 Å². The summed E-state index contributed by atoms with van der Waals surface area (Å²) in [5.74, 6) is 0. The van der Waals surface area contributed by atoms with Crippen molar-refractivity contribution in [3.8, 4) is 0 Å². The Hall–Kier alpha value is -1.11. The maximum atomic E-state index is 11.2. The molecule has 0 fully saturated rings. The largest absolute Gasteiger partial charge is 0.398 e. The van der Waals surface area contributed by atoms with Gasteiger partial charge in [-0.05, 0) is 23.6 Å². The highest BCUT2D eigenvalue weighted by Crippen LogP contribution is 2.24. The van der Waals surface area contributed by atoms with Crippen LogP contribution in [0.25, 0.3) is 0 Å². The molecule has 0 spiro atoms. The van der Waals surface area contributed by atoms with Gasteiger partial charge in [-0.1, -0.05) is 12.1 Å². The number of hydrogen-bond donors (Lipinski definition) is 2. The molecule has 0 saturated heterocycles. The number of anilines is 1. The topological polar surface area (TPSA) is 89.4 Å². The maximum absolute atomic E-state index is 11.2. The quantitative estimate of drug-likeness (QED) is 0.653. The van der Waals surface area contributed by atoms with E-state index < -0.39 is 10.2 Å². The summed E-state index contributed by atoms with van der Waals surface area (Å²) in [6.07, 6.45) is 0.623. The Bertz CT molecular complexity index is 484. The van der Waals surface area contributed by atoms with Crippen molar-refractivity contribution in [1.82, 2.24) is 4.31 Å². The summed E-state index contributed by atoms with van der Waals surface area (Å²) in [5, 5.41) is 5.07. The van der Waals surface area contributed by atoms with Gasteiger partial charge in [-0.3, -0.25) is 0 Å². The summed E-state index contributed by atoms with van der Waals surface area (Å²) in [6.45, 7) is 0.721. The Morgan fingerprint density at radius 2 is 2.07 bits per heavy atom. The van der Waals surface area contributed by atoms with Crippen molar-refractivity contribution in [1.29, 1.82) is 0 Å². The van der Waals surface area contributed by atoms with E-state index in [1.54, 1.807) is 0 Å². The fourth-order valence-electron chi connectivity index (χ4n) is 1.83. The zero-order valence-corrected chi connectivity index (χ0v) is 9.00. The minimum atomic E-state index is -3.59. The molecule has 4 N–H and O–H groups in total. The van der Waals surface area contributed by atoms with E-state index in [0.717, 1.165) is 16.8 Å². The van der Waals surface area contributed by atoms with Gasteiger partial charge in [-0.15, -0.1) is 0 Å². The molecule has 0 bridgehead atoms. The summed E-state index contributed by atoms with van der Waals surface area (Å²) in [7, 11) is -3.59. The predicted octanol–water partition coefficient (Wildman–Crippen LogP) is -0.170. The van der Waals surface area contributed by atoms with Crippen molar-refractivity contribution in [3.63, 3.8) is 0 Å². The monoisotopic (exact) mass is 227 g/mol. The molecule has 5 nitrogen and oxygen atoms in total. The van der Waals surface area contributed by atoms with Gasteiger partial charge in [0.05, 0.1) is 0 Å². The molecule has 1 heterocycles. The Morgan fingerprint density at radius 3 is 2.73 bits per heavy atom. The van der Waals surface area contributed by atoms with E-state index >= 15 is 0 Å². The van der Waals surface area contributed by atoms with Gasteiger partial charge in [0.1, 0.15) is 0 Å². The number of nitrogen functional groups attached to an aromatic ring is 1. The average Bonchev–Trinajstić information content (AvgIpc) is 2.16. The molecule has 2 rings (SSSR count). The molecule has 1 aromatic carbocycles. The molecule has 82 valence electrons. The van der Waals surface area contributed by atoms with E-state index in [-0.39, 0.29) is 0 Å². The molecule has 0 aliphatic carbocycles. The minimum absolute atomic E-state index is 0.319. The maximum Gasteiger partial charge on any atom is 0.277 e. The molecule has 0 radical (unpaired) electrons. The van der Waals surface area contributed by atoms with Crippen LogP contribution >= 0.6 is 0 Å². The fourth-order valence-corrected chi connectivity index (χ4v) is 2.50. The van der Waals surface area contributed by atoms with Crippen LogP contribution in [0.5, 0.6) is 0 Å². The van der Waals surface area contributed by atoms with E-state index in [2.05, 4.69) is 0 Å². The van der Waals surface area contributed by atoms with Gasteiger partial charge in [0, 0.05) is 18.8 Å². The highest BCUT2D eigenvalue weighted by molar-refractivity contribution is 7.86. The van der Waals surface area contributed by atoms with Crippen molar-refractivity contribution in [2.24, 2.45) is 5.14 Å². The van der Waals surface area contributed by atoms with Crippen LogP contribution in [-0.4, -0.2) is 19.3 Å². The van der Waals surface area contributed by atoms with Gasteiger partial charge >= 0.3 is 0 Å². The van der Waals surface area contributed by atoms with Crippen molar-refractivity contribution >= 4 is 15.9 Å². The summed E-state index contributed by atoms with van der Waals surface area (Å²) in [5.41, 5.74) is 8.50. The standard InChI is InChI=1S/C9H13N3O2S/c10-9-3-1-2-7-6-12(15(11,13)14)5-4-8(7)9/h1-3H,4-6,10H2,(H2,11,13,14). The van der Waals surface area contributed by atoms with Crippen molar-refractivity contribution in [2.75, 3.05) is 12.3 Å². The van der Waals surface area contributed by atoms with Crippen LogP contribution < -0.4 is 10.9 Å². The van der Waals surface area contributed by atoms with E-state index in [0.29, 0.717) is 19.5 Å². The third-order valence-corrected chi connectivity index (χ3v) is 3.66.